The van der Waals surface area contributed by atoms with Gasteiger partial charge in [-0.3, -0.25) is 9.59 Å². The summed E-state index contributed by atoms with van der Waals surface area (Å²) in [6.45, 7) is 4.18. The summed E-state index contributed by atoms with van der Waals surface area (Å²) < 4.78 is 0. The Morgan fingerprint density at radius 1 is 1.20 bits per heavy atom. The third kappa shape index (κ3) is 0.799. The SMILES string of the molecule is C[C@@H]1C(=O)C[C@H]2CC(=O)[C@]3(C)CCC[C@@]213. The summed E-state index contributed by atoms with van der Waals surface area (Å²) >= 11 is 0. The van der Waals surface area contributed by atoms with Gasteiger partial charge < -0.3 is 0 Å². The number of carbonyl (C=O) groups is 2. The summed E-state index contributed by atoms with van der Waals surface area (Å²) in [6.07, 6.45) is 4.60. The van der Waals surface area contributed by atoms with Crippen molar-refractivity contribution in [1.82, 2.24) is 0 Å². The fourth-order valence-corrected chi connectivity index (χ4v) is 4.94. The van der Waals surface area contributed by atoms with Crippen LogP contribution >= 0.6 is 0 Å². The van der Waals surface area contributed by atoms with E-state index in [1.165, 1.54) is 0 Å². The first-order valence-electron chi connectivity index (χ1n) is 6.08. The molecule has 82 valence electrons. The Morgan fingerprint density at radius 2 is 1.93 bits per heavy atom. The highest BCUT2D eigenvalue weighted by Crippen LogP contribution is 2.70. The second kappa shape index (κ2) is 2.53. The average molecular weight is 206 g/mol. The van der Waals surface area contributed by atoms with Crippen LogP contribution in [0.2, 0.25) is 0 Å². The van der Waals surface area contributed by atoms with E-state index in [-0.39, 0.29) is 16.7 Å². The van der Waals surface area contributed by atoms with Crippen molar-refractivity contribution in [1.29, 1.82) is 0 Å². The van der Waals surface area contributed by atoms with Gasteiger partial charge in [-0.1, -0.05) is 20.3 Å². The fraction of sp³-hybridized carbons (Fsp3) is 0.846. The lowest BCUT2D eigenvalue weighted by Crippen LogP contribution is -2.40. The minimum Gasteiger partial charge on any atom is -0.299 e. The summed E-state index contributed by atoms with van der Waals surface area (Å²) in [7, 11) is 0. The van der Waals surface area contributed by atoms with Gasteiger partial charge >= 0.3 is 0 Å². The standard InChI is InChI=1S/C13H18O2/c1-8-10(14)6-9-7-11(15)12(2)4-3-5-13(8,9)12/h8-9H,3-7H2,1-2H3/t8-,9+,12+,13+/m1/s1. The Bertz CT molecular complexity index is 360. The zero-order chi connectivity index (χ0) is 10.8. The Kier molecular flexibility index (Phi) is 1.61. The summed E-state index contributed by atoms with van der Waals surface area (Å²) in [5.74, 6) is 1.34. The Hall–Kier alpha value is -0.660. The molecule has 15 heavy (non-hydrogen) atoms. The summed E-state index contributed by atoms with van der Waals surface area (Å²) in [4.78, 5) is 24.0. The third-order valence-electron chi connectivity index (χ3n) is 5.77. The molecule has 1 spiro atoms. The van der Waals surface area contributed by atoms with Crippen LogP contribution in [-0.2, 0) is 9.59 Å². The van der Waals surface area contributed by atoms with Gasteiger partial charge in [-0.25, -0.2) is 0 Å². The van der Waals surface area contributed by atoms with Crippen molar-refractivity contribution in [3.05, 3.63) is 0 Å². The number of Topliss-reactive ketones (excluding diaryl/α,β-unsaturated/α-hetero) is 2. The van der Waals surface area contributed by atoms with Gasteiger partial charge in [0.1, 0.15) is 11.6 Å². The van der Waals surface area contributed by atoms with Crippen molar-refractivity contribution >= 4 is 11.6 Å². The van der Waals surface area contributed by atoms with Crippen LogP contribution in [0.1, 0.15) is 46.0 Å². The molecule has 3 aliphatic rings. The molecule has 0 saturated heterocycles. The van der Waals surface area contributed by atoms with Crippen molar-refractivity contribution in [2.24, 2.45) is 22.7 Å². The predicted octanol–water partition coefficient (Wildman–Crippen LogP) is 2.36. The average Bonchev–Trinajstić information content (AvgIpc) is 2.70. The van der Waals surface area contributed by atoms with Crippen molar-refractivity contribution in [3.8, 4) is 0 Å². The van der Waals surface area contributed by atoms with E-state index in [1.807, 2.05) is 0 Å². The zero-order valence-corrected chi connectivity index (χ0v) is 9.51. The van der Waals surface area contributed by atoms with Crippen LogP contribution in [0, 0.1) is 22.7 Å². The molecule has 3 fully saturated rings. The molecule has 0 N–H and O–H groups in total. The van der Waals surface area contributed by atoms with E-state index in [0.29, 0.717) is 30.3 Å². The predicted molar refractivity (Wildman–Crippen MR) is 56.3 cm³/mol. The largest absolute Gasteiger partial charge is 0.299 e. The van der Waals surface area contributed by atoms with E-state index in [1.54, 1.807) is 0 Å². The molecular weight excluding hydrogens is 188 g/mol. The first-order chi connectivity index (χ1) is 7.02. The molecule has 2 heteroatoms. The zero-order valence-electron chi connectivity index (χ0n) is 9.51. The topological polar surface area (TPSA) is 34.1 Å². The van der Waals surface area contributed by atoms with E-state index in [2.05, 4.69) is 13.8 Å². The molecule has 0 bridgehead atoms. The molecule has 0 amide bonds. The van der Waals surface area contributed by atoms with Gasteiger partial charge in [0.05, 0.1) is 0 Å². The maximum atomic E-state index is 12.1. The first-order valence-corrected chi connectivity index (χ1v) is 6.08. The second-order valence-corrected chi connectivity index (χ2v) is 5.94. The van der Waals surface area contributed by atoms with Gasteiger partial charge in [0, 0.05) is 24.2 Å². The number of hydrogen-bond donors (Lipinski definition) is 0. The highest BCUT2D eigenvalue weighted by Gasteiger charge is 2.70. The van der Waals surface area contributed by atoms with Crippen molar-refractivity contribution in [2.75, 3.05) is 0 Å². The Balaban J connectivity index is 2.16. The monoisotopic (exact) mass is 206 g/mol. The summed E-state index contributed by atoms with van der Waals surface area (Å²) in [5.41, 5.74) is -0.107. The van der Waals surface area contributed by atoms with Gasteiger partial charge in [-0.2, -0.15) is 0 Å². The van der Waals surface area contributed by atoms with Crippen LogP contribution in [0.5, 0.6) is 0 Å². The minimum atomic E-state index is -0.163. The Morgan fingerprint density at radius 3 is 2.67 bits per heavy atom. The minimum absolute atomic E-state index is 0.0567. The number of rotatable bonds is 0. The van der Waals surface area contributed by atoms with Crippen LogP contribution in [0.25, 0.3) is 0 Å². The maximum Gasteiger partial charge on any atom is 0.139 e. The van der Waals surface area contributed by atoms with Gasteiger partial charge in [0.25, 0.3) is 0 Å². The van der Waals surface area contributed by atoms with Crippen molar-refractivity contribution < 1.29 is 9.59 Å². The molecule has 0 heterocycles. The normalized spacial score (nSPS) is 53.5. The highest BCUT2D eigenvalue weighted by atomic mass is 16.1. The molecule has 0 aromatic rings. The van der Waals surface area contributed by atoms with Crippen LogP contribution in [-0.4, -0.2) is 11.6 Å². The molecular formula is C13H18O2. The van der Waals surface area contributed by atoms with E-state index in [9.17, 15) is 9.59 Å². The molecule has 2 nitrogen and oxygen atoms in total. The second-order valence-electron chi connectivity index (χ2n) is 5.94. The van der Waals surface area contributed by atoms with E-state index >= 15 is 0 Å². The molecule has 0 radical (unpaired) electrons. The molecule has 0 aliphatic heterocycles. The molecule has 3 rings (SSSR count). The lowest BCUT2D eigenvalue weighted by Gasteiger charge is -2.39. The maximum absolute atomic E-state index is 12.1. The molecule has 3 saturated carbocycles. The molecule has 0 unspecified atom stereocenters. The van der Waals surface area contributed by atoms with Crippen LogP contribution < -0.4 is 0 Å². The van der Waals surface area contributed by atoms with E-state index < -0.39 is 0 Å². The summed E-state index contributed by atoms with van der Waals surface area (Å²) in [5, 5.41) is 0. The summed E-state index contributed by atoms with van der Waals surface area (Å²) in [6, 6.07) is 0. The van der Waals surface area contributed by atoms with Crippen molar-refractivity contribution in [2.45, 2.75) is 46.0 Å². The quantitative estimate of drug-likeness (QED) is 0.609. The van der Waals surface area contributed by atoms with E-state index in [0.717, 1.165) is 19.3 Å². The van der Waals surface area contributed by atoms with Gasteiger partial charge in [-0.05, 0) is 24.2 Å². The smallest absolute Gasteiger partial charge is 0.139 e. The van der Waals surface area contributed by atoms with Crippen molar-refractivity contribution in [3.63, 3.8) is 0 Å². The number of ketones is 2. The lowest BCUT2D eigenvalue weighted by atomic mass is 9.62. The van der Waals surface area contributed by atoms with Crippen LogP contribution in [0.3, 0.4) is 0 Å². The highest BCUT2D eigenvalue weighted by molar-refractivity contribution is 5.95. The molecule has 0 aromatic heterocycles. The van der Waals surface area contributed by atoms with Gasteiger partial charge in [0.2, 0.25) is 0 Å². The van der Waals surface area contributed by atoms with Crippen LogP contribution in [0.15, 0.2) is 0 Å². The number of carbonyl (C=O) groups excluding carboxylic acids is 2. The lowest BCUT2D eigenvalue weighted by molar-refractivity contribution is -0.131. The van der Waals surface area contributed by atoms with Gasteiger partial charge in [-0.15, -0.1) is 0 Å². The molecule has 0 aromatic carbocycles. The number of hydrogen-bond acceptors (Lipinski definition) is 2. The molecule has 4 atom stereocenters. The van der Waals surface area contributed by atoms with E-state index in [4.69, 9.17) is 0 Å². The molecule has 3 aliphatic carbocycles. The Labute approximate surface area is 90.4 Å². The van der Waals surface area contributed by atoms with Crippen LogP contribution in [0.4, 0.5) is 0 Å². The first kappa shape index (κ1) is 9.56. The fourth-order valence-electron chi connectivity index (χ4n) is 4.94. The van der Waals surface area contributed by atoms with Gasteiger partial charge in [0.15, 0.2) is 0 Å². The third-order valence-corrected chi connectivity index (χ3v) is 5.77.